The summed E-state index contributed by atoms with van der Waals surface area (Å²) in [5.74, 6) is 0. The van der Waals surface area contributed by atoms with Crippen molar-refractivity contribution in [1.82, 2.24) is 24.6 Å². The Hall–Kier alpha value is -1.62. The number of rotatable bonds is 7. The lowest BCUT2D eigenvalue weighted by molar-refractivity contribution is 0.477. The summed E-state index contributed by atoms with van der Waals surface area (Å²) in [6.07, 6.45) is 11.1. The molecule has 0 aliphatic rings. The summed E-state index contributed by atoms with van der Waals surface area (Å²) in [4.78, 5) is 4.22. The van der Waals surface area contributed by atoms with E-state index >= 15 is 0 Å². The molecular formula is C14H23N5. The van der Waals surface area contributed by atoms with Crippen LogP contribution in [0.1, 0.15) is 37.1 Å². The molecule has 0 aliphatic heterocycles. The third kappa shape index (κ3) is 3.67. The fourth-order valence-electron chi connectivity index (χ4n) is 2.29. The number of nitrogens with one attached hydrogen (secondary N) is 1. The maximum absolute atomic E-state index is 4.22. The van der Waals surface area contributed by atoms with E-state index in [2.05, 4.69) is 33.1 Å². The van der Waals surface area contributed by atoms with E-state index in [1.54, 1.807) is 0 Å². The van der Waals surface area contributed by atoms with Gasteiger partial charge >= 0.3 is 0 Å². The highest BCUT2D eigenvalue weighted by atomic mass is 15.2. The first kappa shape index (κ1) is 13.8. The van der Waals surface area contributed by atoms with Crippen LogP contribution in [0, 0.1) is 0 Å². The van der Waals surface area contributed by atoms with E-state index in [0.29, 0.717) is 6.04 Å². The minimum atomic E-state index is 0.354. The van der Waals surface area contributed by atoms with Gasteiger partial charge < -0.3 is 9.88 Å². The fraction of sp³-hybridized carbons (Fsp3) is 0.571. The molecule has 0 radical (unpaired) electrons. The molecule has 19 heavy (non-hydrogen) atoms. The van der Waals surface area contributed by atoms with Crippen molar-refractivity contribution in [3.8, 4) is 0 Å². The van der Waals surface area contributed by atoms with Crippen LogP contribution in [-0.4, -0.2) is 25.9 Å². The topological polar surface area (TPSA) is 47.7 Å². The molecule has 0 saturated heterocycles. The van der Waals surface area contributed by atoms with Crippen molar-refractivity contribution >= 4 is 0 Å². The Bertz CT molecular complexity index is 499. The molecule has 2 rings (SSSR count). The highest BCUT2D eigenvalue weighted by Gasteiger charge is 2.14. The summed E-state index contributed by atoms with van der Waals surface area (Å²) in [6, 6.07) is 0.354. The van der Waals surface area contributed by atoms with Crippen molar-refractivity contribution in [1.29, 1.82) is 0 Å². The summed E-state index contributed by atoms with van der Waals surface area (Å²) < 4.78 is 3.95. The molecule has 2 heterocycles. The Labute approximate surface area is 114 Å². The zero-order chi connectivity index (χ0) is 13.7. The molecule has 1 unspecified atom stereocenters. The van der Waals surface area contributed by atoms with Crippen molar-refractivity contribution < 1.29 is 0 Å². The predicted molar refractivity (Wildman–Crippen MR) is 75.8 cm³/mol. The average molecular weight is 261 g/mol. The van der Waals surface area contributed by atoms with E-state index in [1.165, 1.54) is 11.3 Å². The molecule has 5 nitrogen and oxygen atoms in total. The van der Waals surface area contributed by atoms with Crippen LogP contribution in [-0.2, 0) is 20.5 Å². The molecule has 0 amide bonds. The molecule has 0 aromatic carbocycles. The van der Waals surface area contributed by atoms with Crippen molar-refractivity contribution in [2.24, 2.45) is 14.1 Å². The Morgan fingerprint density at radius 1 is 1.32 bits per heavy atom. The molecule has 5 heteroatoms. The first-order valence-electron chi connectivity index (χ1n) is 6.87. The summed E-state index contributed by atoms with van der Waals surface area (Å²) in [6.45, 7) is 3.22. The van der Waals surface area contributed by atoms with E-state index in [9.17, 15) is 0 Å². The average Bonchev–Trinajstić information content (AvgIpc) is 2.99. The van der Waals surface area contributed by atoms with E-state index in [0.717, 1.165) is 25.8 Å². The third-order valence-electron chi connectivity index (χ3n) is 3.33. The minimum absolute atomic E-state index is 0.354. The van der Waals surface area contributed by atoms with Crippen molar-refractivity contribution in [3.63, 3.8) is 0 Å². The van der Waals surface area contributed by atoms with Gasteiger partial charge in [-0.15, -0.1) is 0 Å². The van der Waals surface area contributed by atoms with Gasteiger partial charge in [-0.05, 0) is 31.4 Å². The summed E-state index contributed by atoms with van der Waals surface area (Å²) in [5.41, 5.74) is 2.53. The maximum Gasteiger partial charge on any atom is 0.0946 e. The zero-order valence-electron chi connectivity index (χ0n) is 12.0. The highest BCUT2D eigenvalue weighted by Crippen LogP contribution is 2.18. The van der Waals surface area contributed by atoms with Gasteiger partial charge in [0, 0.05) is 32.5 Å². The largest absolute Gasteiger partial charge is 0.336 e. The second-order valence-corrected chi connectivity index (χ2v) is 5.00. The number of imidazole rings is 1. The number of aromatic nitrogens is 4. The van der Waals surface area contributed by atoms with E-state index < -0.39 is 0 Å². The van der Waals surface area contributed by atoms with Gasteiger partial charge in [-0.25, -0.2) is 4.98 Å². The van der Waals surface area contributed by atoms with Crippen LogP contribution >= 0.6 is 0 Å². The molecule has 2 aromatic heterocycles. The molecule has 0 bridgehead atoms. The quantitative estimate of drug-likeness (QED) is 0.827. The number of nitrogens with zero attached hydrogens (tertiary/aromatic N) is 4. The Morgan fingerprint density at radius 3 is 2.74 bits per heavy atom. The van der Waals surface area contributed by atoms with Gasteiger partial charge in [0.1, 0.15) is 0 Å². The van der Waals surface area contributed by atoms with E-state index in [4.69, 9.17) is 0 Å². The van der Waals surface area contributed by atoms with Crippen LogP contribution in [0.4, 0.5) is 0 Å². The fourth-order valence-corrected chi connectivity index (χ4v) is 2.29. The SMILES string of the molecule is CCCNC(CCc1cnn(C)c1)c1cncn1C. The molecule has 104 valence electrons. The second kappa shape index (κ2) is 6.52. The molecule has 0 saturated carbocycles. The normalized spacial score (nSPS) is 12.8. The van der Waals surface area contributed by atoms with Gasteiger partial charge in [0.2, 0.25) is 0 Å². The first-order chi connectivity index (χ1) is 9.20. The molecule has 2 aromatic rings. The molecule has 0 aliphatic carbocycles. The van der Waals surface area contributed by atoms with Gasteiger partial charge in [-0.1, -0.05) is 6.92 Å². The monoisotopic (exact) mass is 261 g/mol. The Balaban J connectivity index is 2.00. The van der Waals surface area contributed by atoms with Crippen LogP contribution in [0.15, 0.2) is 24.9 Å². The van der Waals surface area contributed by atoms with Crippen molar-refractivity contribution in [3.05, 3.63) is 36.2 Å². The molecule has 0 fully saturated rings. The summed E-state index contributed by atoms with van der Waals surface area (Å²) >= 11 is 0. The first-order valence-corrected chi connectivity index (χ1v) is 6.87. The number of hydrogen-bond acceptors (Lipinski definition) is 3. The molecule has 0 spiro atoms. The van der Waals surface area contributed by atoms with Crippen LogP contribution in [0.5, 0.6) is 0 Å². The number of hydrogen-bond donors (Lipinski definition) is 1. The maximum atomic E-state index is 4.22. The van der Waals surface area contributed by atoms with Crippen LogP contribution in [0.2, 0.25) is 0 Å². The Morgan fingerprint density at radius 2 is 2.16 bits per heavy atom. The van der Waals surface area contributed by atoms with Crippen molar-refractivity contribution in [2.75, 3.05) is 6.54 Å². The highest BCUT2D eigenvalue weighted by molar-refractivity contribution is 5.09. The standard InChI is InChI=1S/C14H23N5/c1-4-7-16-13(14-9-15-11-18(14)2)6-5-12-8-17-19(3)10-12/h8-11,13,16H,4-7H2,1-3H3. The van der Waals surface area contributed by atoms with Gasteiger partial charge in [-0.2, -0.15) is 5.10 Å². The number of aryl methyl sites for hydroxylation is 3. The lowest BCUT2D eigenvalue weighted by Gasteiger charge is -2.18. The smallest absolute Gasteiger partial charge is 0.0946 e. The Kier molecular flexibility index (Phi) is 4.74. The zero-order valence-corrected chi connectivity index (χ0v) is 12.0. The minimum Gasteiger partial charge on any atom is -0.336 e. The molecule has 1 N–H and O–H groups in total. The summed E-state index contributed by atoms with van der Waals surface area (Å²) in [7, 11) is 4.00. The van der Waals surface area contributed by atoms with Crippen LogP contribution in [0.25, 0.3) is 0 Å². The van der Waals surface area contributed by atoms with Gasteiger partial charge in [0.25, 0.3) is 0 Å². The van der Waals surface area contributed by atoms with Gasteiger partial charge in [0.15, 0.2) is 0 Å². The second-order valence-electron chi connectivity index (χ2n) is 5.00. The van der Waals surface area contributed by atoms with E-state index in [1.807, 2.05) is 37.5 Å². The lowest BCUT2D eigenvalue weighted by atomic mass is 10.1. The van der Waals surface area contributed by atoms with Crippen LogP contribution < -0.4 is 5.32 Å². The van der Waals surface area contributed by atoms with Crippen LogP contribution in [0.3, 0.4) is 0 Å². The van der Waals surface area contributed by atoms with Gasteiger partial charge in [0.05, 0.1) is 18.2 Å². The van der Waals surface area contributed by atoms with Gasteiger partial charge in [-0.3, -0.25) is 4.68 Å². The van der Waals surface area contributed by atoms with E-state index in [-0.39, 0.29) is 0 Å². The predicted octanol–water partition coefficient (Wildman–Crippen LogP) is 1.83. The summed E-state index contributed by atoms with van der Waals surface area (Å²) in [5, 5.41) is 7.82. The lowest BCUT2D eigenvalue weighted by Crippen LogP contribution is -2.24. The molecule has 1 atom stereocenters. The molecular weight excluding hydrogens is 238 g/mol. The third-order valence-corrected chi connectivity index (χ3v) is 3.33. The van der Waals surface area contributed by atoms with Crippen molar-refractivity contribution in [2.45, 2.75) is 32.2 Å².